The van der Waals surface area contributed by atoms with Crippen molar-refractivity contribution >= 4 is 19.5 Å². The van der Waals surface area contributed by atoms with Gasteiger partial charge in [0.25, 0.3) is 0 Å². The van der Waals surface area contributed by atoms with Crippen LogP contribution >= 0.6 is 0 Å². The van der Waals surface area contributed by atoms with Gasteiger partial charge in [-0.1, -0.05) is 79.3 Å². The molecule has 2 rings (SSSR count). The van der Waals surface area contributed by atoms with Gasteiger partial charge in [0.05, 0.1) is 8.07 Å². The number of aryl methyl sites for hydroxylation is 1. The van der Waals surface area contributed by atoms with Crippen LogP contribution in [0.5, 0.6) is 0 Å². The Hall–Kier alpha value is -0.893. The summed E-state index contributed by atoms with van der Waals surface area (Å²) >= 11 is 0. The van der Waals surface area contributed by atoms with E-state index in [-0.39, 0.29) is 0 Å². The first-order valence-corrected chi connectivity index (χ1v) is 10.8. The van der Waals surface area contributed by atoms with Crippen molar-refractivity contribution in [1.82, 2.24) is 0 Å². The maximum atomic E-state index is 11.0. The number of carbonyl (C=O) groups is 1. The lowest BCUT2D eigenvalue weighted by Crippen LogP contribution is -2.50. The second kappa shape index (κ2) is 7.21. The maximum Gasteiger partial charge on any atom is 0.123 e. The predicted octanol–water partition coefficient (Wildman–Crippen LogP) is 4.45. The number of benzene rings is 1. The van der Waals surface area contributed by atoms with Gasteiger partial charge in [0.1, 0.15) is 6.29 Å². The minimum Gasteiger partial charge on any atom is -0.303 e. The topological polar surface area (TPSA) is 17.1 Å². The van der Waals surface area contributed by atoms with Crippen LogP contribution in [-0.2, 0) is 4.79 Å². The van der Waals surface area contributed by atoms with Crippen LogP contribution in [0.4, 0.5) is 0 Å². The number of hydrogen-bond acceptors (Lipinski definition) is 1. The smallest absolute Gasteiger partial charge is 0.123 e. The Morgan fingerprint density at radius 2 is 1.80 bits per heavy atom. The van der Waals surface area contributed by atoms with E-state index in [1.54, 1.807) is 5.19 Å². The Balaban J connectivity index is 2.15. The van der Waals surface area contributed by atoms with E-state index in [0.717, 1.165) is 12.8 Å². The van der Waals surface area contributed by atoms with E-state index in [2.05, 4.69) is 38.1 Å². The van der Waals surface area contributed by atoms with E-state index in [1.807, 2.05) is 0 Å². The predicted molar refractivity (Wildman–Crippen MR) is 89.3 cm³/mol. The van der Waals surface area contributed by atoms with Crippen LogP contribution in [0.2, 0.25) is 18.1 Å². The zero-order chi connectivity index (χ0) is 14.4. The van der Waals surface area contributed by atoms with Crippen LogP contribution in [0.3, 0.4) is 0 Å². The molecule has 2 heteroatoms. The lowest BCUT2D eigenvalue weighted by molar-refractivity contribution is -0.111. The fourth-order valence-electron chi connectivity index (χ4n) is 3.63. The zero-order valence-corrected chi connectivity index (χ0v) is 14.0. The molecule has 0 bridgehead atoms. The minimum absolute atomic E-state index is 0.340. The number of carbonyl (C=O) groups excluding carboxylic acids is 1. The molecule has 1 saturated heterocycles. The van der Waals surface area contributed by atoms with Crippen molar-refractivity contribution < 1.29 is 4.79 Å². The Bertz CT molecular complexity index is 416. The van der Waals surface area contributed by atoms with E-state index in [1.165, 1.54) is 49.2 Å². The van der Waals surface area contributed by atoms with Crippen molar-refractivity contribution in [3.8, 4) is 0 Å². The van der Waals surface area contributed by atoms with Crippen molar-refractivity contribution in [1.29, 1.82) is 0 Å². The van der Waals surface area contributed by atoms with Gasteiger partial charge in [0.15, 0.2) is 0 Å². The number of aldehydes is 1. The molecule has 0 N–H and O–H groups in total. The summed E-state index contributed by atoms with van der Waals surface area (Å²) in [5, 5.41) is 1.64. The van der Waals surface area contributed by atoms with Crippen molar-refractivity contribution in [2.45, 2.75) is 64.1 Å². The summed E-state index contributed by atoms with van der Waals surface area (Å²) in [6, 6.07) is 13.4. The van der Waals surface area contributed by atoms with Gasteiger partial charge in [-0.25, -0.2) is 0 Å². The molecule has 0 atom stereocenters. The molecule has 0 unspecified atom stereocenters. The summed E-state index contributed by atoms with van der Waals surface area (Å²) in [5.41, 5.74) is 1.35. The highest BCUT2D eigenvalue weighted by Gasteiger charge is 2.38. The van der Waals surface area contributed by atoms with Gasteiger partial charge in [-0.05, 0) is 19.8 Å². The lowest BCUT2D eigenvalue weighted by Gasteiger charge is -2.38. The summed E-state index contributed by atoms with van der Waals surface area (Å²) in [5.74, 6) is 0.340. The zero-order valence-electron chi connectivity index (χ0n) is 13.0. The molecule has 0 aliphatic carbocycles. The Morgan fingerprint density at radius 1 is 1.15 bits per heavy atom. The highest BCUT2D eigenvalue weighted by atomic mass is 28.3. The lowest BCUT2D eigenvalue weighted by atomic mass is 10.1. The van der Waals surface area contributed by atoms with Gasteiger partial charge in [-0.2, -0.15) is 0 Å². The fraction of sp³-hybridized carbons (Fsp3) is 0.611. The molecule has 1 aromatic rings. The second-order valence-electron chi connectivity index (χ2n) is 6.58. The van der Waals surface area contributed by atoms with Crippen molar-refractivity contribution in [2.75, 3.05) is 0 Å². The van der Waals surface area contributed by atoms with Gasteiger partial charge >= 0.3 is 0 Å². The molecule has 20 heavy (non-hydrogen) atoms. The summed E-state index contributed by atoms with van der Waals surface area (Å²) < 4.78 is 0. The first kappa shape index (κ1) is 15.5. The average molecular weight is 289 g/mol. The van der Waals surface area contributed by atoms with Crippen LogP contribution in [0, 0.1) is 12.8 Å². The molecule has 0 aromatic heterocycles. The number of rotatable bonds is 6. The van der Waals surface area contributed by atoms with Gasteiger partial charge < -0.3 is 4.79 Å². The Morgan fingerprint density at radius 3 is 2.35 bits per heavy atom. The quantitative estimate of drug-likeness (QED) is 0.429. The van der Waals surface area contributed by atoms with Crippen LogP contribution in [0.25, 0.3) is 0 Å². The van der Waals surface area contributed by atoms with E-state index >= 15 is 0 Å². The van der Waals surface area contributed by atoms with Gasteiger partial charge in [-0.15, -0.1) is 0 Å². The molecule has 0 spiro atoms. The highest BCUT2D eigenvalue weighted by molar-refractivity contribution is 6.92. The third-order valence-electron chi connectivity index (χ3n) is 5.10. The molecule has 1 fully saturated rings. The molecule has 0 radical (unpaired) electrons. The molecular weight excluding hydrogens is 260 g/mol. The van der Waals surface area contributed by atoms with Crippen LogP contribution in [0.15, 0.2) is 24.3 Å². The number of unbranched alkanes of at least 4 members (excludes halogenated alkanes) is 2. The van der Waals surface area contributed by atoms with E-state index in [4.69, 9.17) is 0 Å². The summed E-state index contributed by atoms with van der Waals surface area (Å²) in [6.07, 6.45) is 7.50. The number of hydrogen-bond donors (Lipinski definition) is 0. The molecule has 1 aromatic carbocycles. The van der Waals surface area contributed by atoms with Crippen molar-refractivity contribution in [3.63, 3.8) is 0 Å². The third kappa shape index (κ3) is 3.60. The molecule has 1 aliphatic rings. The maximum absolute atomic E-state index is 11.0. The van der Waals surface area contributed by atoms with Crippen LogP contribution in [-0.4, -0.2) is 14.4 Å². The summed E-state index contributed by atoms with van der Waals surface area (Å²) in [7, 11) is -1.34. The fourth-order valence-corrected chi connectivity index (χ4v) is 8.90. The minimum atomic E-state index is -1.34. The van der Waals surface area contributed by atoms with Crippen LogP contribution in [0.1, 0.15) is 44.6 Å². The average Bonchev–Trinajstić information content (AvgIpc) is 2.49. The first-order chi connectivity index (χ1) is 9.70. The van der Waals surface area contributed by atoms with E-state index in [9.17, 15) is 4.79 Å². The largest absolute Gasteiger partial charge is 0.303 e. The molecule has 1 heterocycles. The highest BCUT2D eigenvalue weighted by Crippen LogP contribution is 2.35. The summed E-state index contributed by atoms with van der Waals surface area (Å²) in [6.45, 7) is 4.45. The molecule has 1 nitrogen and oxygen atoms in total. The third-order valence-corrected chi connectivity index (χ3v) is 10.5. The summed E-state index contributed by atoms with van der Waals surface area (Å²) in [4.78, 5) is 11.0. The normalized spacial score (nSPS) is 26.4. The van der Waals surface area contributed by atoms with Crippen molar-refractivity contribution in [3.05, 3.63) is 29.8 Å². The van der Waals surface area contributed by atoms with Crippen LogP contribution < -0.4 is 5.19 Å². The first-order valence-electron chi connectivity index (χ1n) is 8.22. The second-order valence-corrected chi connectivity index (χ2v) is 11.2. The van der Waals surface area contributed by atoms with Crippen molar-refractivity contribution in [2.24, 2.45) is 5.92 Å². The van der Waals surface area contributed by atoms with E-state index in [0.29, 0.717) is 5.92 Å². The van der Waals surface area contributed by atoms with Gasteiger partial charge in [-0.3, -0.25) is 0 Å². The molecule has 0 amide bonds. The van der Waals surface area contributed by atoms with Gasteiger partial charge in [0.2, 0.25) is 0 Å². The molecule has 0 saturated carbocycles. The molecular formula is C18H28OSi. The molecule has 110 valence electrons. The Kier molecular flexibility index (Phi) is 5.59. The monoisotopic (exact) mass is 288 g/mol. The SMILES string of the molecule is CCCCC[Si]1(c2ccc(C)cc2)CCC(C=O)CC1. The molecule has 1 aliphatic heterocycles. The van der Waals surface area contributed by atoms with Gasteiger partial charge in [0, 0.05) is 5.92 Å². The Labute approximate surface area is 124 Å². The standard InChI is InChI=1S/C18H28OSi/c1-3-4-5-12-20(13-10-17(15-19)11-14-20)18-8-6-16(2)7-9-18/h6-9,15,17H,3-5,10-14H2,1-2H3. The van der Waals surface area contributed by atoms with E-state index < -0.39 is 8.07 Å².